The summed E-state index contributed by atoms with van der Waals surface area (Å²) in [7, 11) is -0.832. The number of nitrogens with zero attached hydrogens (tertiary/aromatic N) is 1. The monoisotopic (exact) mass is 411 g/mol. The minimum atomic E-state index is -3.77. The van der Waals surface area contributed by atoms with E-state index < -0.39 is 33.1 Å². The van der Waals surface area contributed by atoms with E-state index in [1.54, 1.807) is 66.5 Å². The van der Waals surface area contributed by atoms with Crippen LogP contribution in [-0.4, -0.2) is 56.6 Å². The van der Waals surface area contributed by atoms with Gasteiger partial charge in [-0.1, -0.05) is 48.5 Å². The molecule has 2 aliphatic rings. The molecule has 0 saturated carbocycles. The average molecular weight is 411 g/mol. The van der Waals surface area contributed by atoms with E-state index in [4.69, 9.17) is 4.74 Å². The number of fused-ring (bicyclic) bond motifs is 2. The summed E-state index contributed by atoms with van der Waals surface area (Å²) in [6, 6.07) is 15.7. The molecule has 150 valence electrons. The van der Waals surface area contributed by atoms with Crippen molar-refractivity contribution in [2.24, 2.45) is 0 Å². The Kier molecular flexibility index (Phi) is 4.88. The molecule has 3 unspecified atom stereocenters. The van der Waals surface area contributed by atoms with Gasteiger partial charge in [0.2, 0.25) is 0 Å². The molecule has 1 saturated heterocycles. The zero-order valence-corrected chi connectivity index (χ0v) is 16.9. The van der Waals surface area contributed by atoms with Gasteiger partial charge in [0.1, 0.15) is 0 Å². The molecule has 6 nitrogen and oxygen atoms in total. The predicted octanol–water partition coefficient (Wildman–Crippen LogP) is 2.11. The van der Waals surface area contributed by atoms with Crippen molar-refractivity contribution in [3.05, 3.63) is 71.8 Å². The van der Waals surface area contributed by atoms with Crippen LogP contribution in [0.1, 0.15) is 12.0 Å². The van der Waals surface area contributed by atoms with Crippen molar-refractivity contribution in [1.29, 1.82) is 0 Å². The van der Waals surface area contributed by atoms with Gasteiger partial charge in [-0.05, 0) is 31.2 Å². The molecule has 0 spiro atoms. The van der Waals surface area contributed by atoms with E-state index in [1.807, 2.05) is 6.07 Å². The zero-order valence-electron chi connectivity index (χ0n) is 16.1. The van der Waals surface area contributed by atoms with Crippen molar-refractivity contribution in [3.63, 3.8) is 0 Å². The van der Waals surface area contributed by atoms with E-state index >= 15 is 0 Å². The first-order valence-corrected chi connectivity index (χ1v) is 10.9. The average Bonchev–Trinajstić information content (AvgIpc) is 3.01. The SMILES string of the molecule is COC(=O)C1=C(c2ccccc2)C(=O)C2CC(S(=O)(=O)c3ccccc3)C1N2C. The molecular formula is C22H21NO5S. The molecule has 2 heterocycles. The van der Waals surface area contributed by atoms with E-state index in [9.17, 15) is 18.0 Å². The predicted molar refractivity (Wildman–Crippen MR) is 108 cm³/mol. The summed E-state index contributed by atoms with van der Waals surface area (Å²) in [4.78, 5) is 28.0. The minimum absolute atomic E-state index is 0.115. The van der Waals surface area contributed by atoms with Gasteiger partial charge in [-0.3, -0.25) is 9.69 Å². The minimum Gasteiger partial charge on any atom is -0.466 e. The molecule has 0 aromatic heterocycles. The Balaban J connectivity index is 1.93. The molecule has 0 amide bonds. The van der Waals surface area contributed by atoms with Crippen molar-refractivity contribution in [1.82, 2.24) is 4.90 Å². The Morgan fingerprint density at radius 1 is 1.03 bits per heavy atom. The lowest BCUT2D eigenvalue weighted by molar-refractivity contribution is -0.137. The van der Waals surface area contributed by atoms with Gasteiger partial charge in [0.25, 0.3) is 0 Å². The number of ether oxygens (including phenoxy) is 1. The van der Waals surface area contributed by atoms with Crippen LogP contribution in [0.15, 0.2) is 71.1 Å². The van der Waals surface area contributed by atoms with Gasteiger partial charge in [0.15, 0.2) is 15.6 Å². The highest BCUT2D eigenvalue weighted by atomic mass is 32.2. The van der Waals surface area contributed by atoms with E-state index in [1.165, 1.54) is 7.11 Å². The molecule has 2 aromatic carbocycles. The summed E-state index contributed by atoms with van der Waals surface area (Å²) in [5.41, 5.74) is 0.972. The molecule has 7 heteroatoms. The van der Waals surface area contributed by atoms with Gasteiger partial charge in [-0.25, -0.2) is 13.2 Å². The molecule has 3 atom stereocenters. The first-order chi connectivity index (χ1) is 13.9. The van der Waals surface area contributed by atoms with Crippen LogP contribution in [-0.2, 0) is 24.2 Å². The number of Topliss-reactive ketones (excluding diaryl/α,β-unsaturated/α-hetero) is 1. The molecular weight excluding hydrogens is 390 g/mol. The maximum absolute atomic E-state index is 13.4. The number of rotatable bonds is 4. The lowest BCUT2D eigenvalue weighted by Crippen LogP contribution is -2.48. The second-order valence-electron chi connectivity index (χ2n) is 7.27. The number of benzene rings is 2. The normalized spacial score (nSPS) is 24.6. The number of carbonyl (C=O) groups is 2. The van der Waals surface area contributed by atoms with Gasteiger partial charge in [-0.15, -0.1) is 0 Å². The fraction of sp³-hybridized carbons (Fsp3) is 0.273. The molecule has 1 fully saturated rings. The Bertz CT molecular complexity index is 1090. The number of hydrogen-bond donors (Lipinski definition) is 0. The highest BCUT2D eigenvalue weighted by molar-refractivity contribution is 7.92. The largest absolute Gasteiger partial charge is 0.466 e. The molecule has 0 N–H and O–H groups in total. The van der Waals surface area contributed by atoms with Crippen LogP contribution in [0.5, 0.6) is 0 Å². The number of esters is 1. The van der Waals surface area contributed by atoms with Crippen LogP contribution < -0.4 is 0 Å². The number of sulfone groups is 1. The van der Waals surface area contributed by atoms with Crippen LogP contribution in [0.25, 0.3) is 5.57 Å². The van der Waals surface area contributed by atoms with Crippen molar-refractivity contribution in [2.45, 2.75) is 28.6 Å². The summed E-state index contributed by atoms with van der Waals surface area (Å²) >= 11 is 0. The third-order valence-corrected chi connectivity index (χ3v) is 7.97. The van der Waals surface area contributed by atoms with Crippen LogP contribution >= 0.6 is 0 Å². The third kappa shape index (κ3) is 3.01. The smallest absolute Gasteiger partial charge is 0.336 e. The number of carbonyl (C=O) groups excluding carboxylic acids is 2. The van der Waals surface area contributed by atoms with Crippen molar-refractivity contribution < 1.29 is 22.7 Å². The molecule has 29 heavy (non-hydrogen) atoms. The molecule has 2 aliphatic heterocycles. The molecule has 2 aromatic rings. The maximum atomic E-state index is 13.4. The number of methoxy groups -OCH3 is 1. The fourth-order valence-corrected chi connectivity index (χ4v) is 6.41. The molecule has 2 bridgehead atoms. The summed E-state index contributed by atoms with van der Waals surface area (Å²) in [6.07, 6.45) is 0.133. The Morgan fingerprint density at radius 2 is 1.62 bits per heavy atom. The van der Waals surface area contributed by atoms with E-state index in [0.29, 0.717) is 5.56 Å². The molecule has 0 radical (unpaired) electrons. The van der Waals surface area contributed by atoms with Gasteiger partial charge in [0.05, 0.1) is 34.9 Å². The highest BCUT2D eigenvalue weighted by Gasteiger charge is 2.56. The standard InChI is InChI=1S/C22H21NO5S/c1-23-16-13-17(29(26,27)15-11-7-4-8-12-15)20(23)19(22(25)28-2)18(21(16)24)14-9-5-3-6-10-14/h3-12,16-17,20H,13H2,1-2H3. The molecule has 0 aliphatic carbocycles. The van der Waals surface area contributed by atoms with E-state index in [2.05, 4.69) is 0 Å². The summed E-state index contributed by atoms with van der Waals surface area (Å²) < 4.78 is 31.8. The lowest BCUT2D eigenvalue weighted by atomic mass is 9.87. The Hall–Kier alpha value is -2.77. The van der Waals surface area contributed by atoms with Crippen LogP contribution in [0, 0.1) is 0 Å². The van der Waals surface area contributed by atoms with Crippen LogP contribution in [0.3, 0.4) is 0 Å². The van der Waals surface area contributed by atoms with Gasteiger partial charge in [-0.2, -0.15) is 0 Å². The van der Waals surface area contributed by atoms with Crippen molar-refractivity contribution in [2.75, 3.05) is 14.2 Å². The molecule has 4 rings (SSSR count). The Morgan fingerprint density at radius 3 is 2.21 bits per heavy atom. The maximum Gasteiger partial charge on any atom is 0.336 e. The first kappa shape index (κ1) is 19.5. The van der Waals surface area contributed by atoms with E-state index in [-0.39, 0.29) is 28.2 Å². The van der Waals surface area contributed by atoms with Crippen LogP contribution in [0.4, 0.5) is 0 Å². The number of likely N-dealkylation sites (N-methyl/N-ethyl adjacent to an activating group) is 1. The highest BCUT2D eigenvalue weighted by Crippen LogP contribution is 2.44. The van der Waals surface area contributed by atoms with E-state index in [0.717, 1.165) is 0 Å². The lowest BCUT2D eigenvalue weighted by Gasteiger charge is -2.34. The Labute approximate surface area is 169 Å². The summed E-state index contributed by atoms with van der Waals surface area (Å²) in [5, 5.41) is -0.917. The zero-order chi connectivity index (χ0) is 20.8. The number of ketones is 1. The fourth-order valence-electron chi connectivity index (χ4n) is 4.42. The summed E-state index contributed by atoms with van der Waals surface area (Å²) in [6.45, 7) is 0. The van der Waals surface area contributed by atoms with Gasteiger partial charge < -0.3 is 4.74 Å². The van der Waals surface area contributed by atoms with Crippen molar-refractivity contribution in [3.8, 4) is 0 Å². The quantitative estimate of drug-likeness (QED) is 0.717. The topological polar surface area (TPSA) is 80.8 Å². The number of hydrogen-bond acceptors (Lipinski definition) is 6. The second-order valence-corrected chi connectivity index (χ2v) is 9.44. The first-order valence-electron chi connectivity index (χ1n) is 9.31. The van der Waals surface area contributed by atoms with Crippen molar-refractivity contribution >= 4 is 27.2 Å². The second kappa shape index (κ2) is 7.24. The third-order valence-electron chi connectivity index (χ3n) is 5.79. The van der Waals surface area contributed by atoms with Gasteiger partial charge >= 0.3 is 5.97 Å². The summed E-state index contributed by atoms with van der Waals surface area (Å²) in [5.74, 6) is -0.927. The van der Waals surface area contributed by atoms with Gasteiger partial charge in [0, 0.05) is 5.57 Å². The van der Waals surface area contributed by atoms with Crippen LogP contribution in [0.2, 0.25) is 0 Å².